The highest BCUT2D eigenvalue weighted by atomic mass is 32.1. The van der Waals surface area contributed by atoms with Gasteiger partial charge in [0.1, 0.15) is 0 Å². The number of hydrogen-bond acceptors (Lipinski definition) is 4. The maximum Gasteiger partial charge on any atom is 0.303 e. The minimum atomic E-state index is -0.736. The SMILES string of the molecule is O=C(O)CCC/C=C\C[C@H]1CC[C@@H](O)C1/C=C/Cc1nc2ccccc2s1. The molecule has 1 aromatic heterocycles. The quantitative estimate of drug-likeness (QED) is 0.471. The van der Waals surface area contributed by atoms with Gasteiger partial charge in [-0.15, -0.1) is 11.3 Å². The average Bonchev–Trinajstić information content (AvgIpc) is 3.21. The second kappa shape index (κ2) is 9.81. The summed E-state index contributed by atoms with van der Waals surface area (Å²) in [6.45, 7) is 0. The van der Waals surface area contributed by atoms with Crippen LogP contribution in [0.1, 0.15) is 43.5 Å². The van der Waals surface area contributed by atoms with Crippen molar-refractivity contribution in [2.45, 2.75) is 51.0 Å². The van der Waals surface area contributed by atoms with Gasteiger partial charge in [-0.2, -0.15) is 0 Å². The topological polar surface area (TPSA) is 70.4 Å². The Morgan fingerprint density at radius 3 is 2.89 bits per heavy atom. The summed E-state index contributed by atoms with van der Waals surface area (Å²) in [6.07, 6.45) is 13.7. The van der Waals surface area contributed by atoms with Gasteiger partial charge < -0.3 is 10.2 Å². The fraction of sp³-hybridized carbons (Fsp3) is 0.455. The van der Waals surface area contributed by atoms with Gasteiger partial charge in [0, 0.05) is 18.8 Å². The Morgan fingerprint density at radius 2 is 2.07 bits per heavy atom. The molecule has 1 saturated carbocycles. The number of allylic oxidation sites excluding steroid dienone is 3. The van der Waals surface area contributed by atoms with E-state index in [0.717, 1.165) is 42.6 Å². The van der Waals surface area contributed by atoms with Gasteiger partial charge in [0.05, 0.1) is 21.3 Å². The van der Waals surface area contributed by atoms with E-state index in [0.29, 0.717) is 12.3 Å². The van der Waals surface area contributed by atoms with E-state index in [1.807, 2.05) is 18.2 Å². The minimum Gasteiger partial charge on any atom is -0.481 e. The molecule has 4 nitrogen and oxygen atoms in total. The number of hydrogen-bond donors (Lipinski definition) is 2. The average molecular weight is 386 g/mol. The van der Waals surface area contributed by atoms with Gasteiger partial charge in [0.2, 0.25) is 0 Å². The number of thiazole rings is 1. The van der Waals surface area contributed by atoms with Crippen molar-refractivity contribution in [1.82, 2.24) is 4.98 Å². The van der Waals surface area contributed by atoms with Crippen molar-refractivity contribution < 1.29 is 15.0 Å². The molecule has 0 saturated heterocycles. The Morgan fingerprint density at radius 1 is 1.22 bits per heavy atom. The van der Waals surface area contributed by atoms with Gasteiger partial charge in [0.25, 0.3) is 0 Å². The molecule has 27 heavy (non-hydrogen) atoms. The van der Waals surface area contributed by atoms with Gasteiger partial charge in [-0.1, -0.05) is 36.4 Å². The van der Waals surface area contributed by atoms with Crippen LogP contribution in [0.25, 0.3) is 10.2 Å². The summed E-state index contributed by atoms with van der Waals surface area (Å²) in [6, 6.07) is 8.18. The highest BCUT2D eigenvalue weighted by Gasteiger charge is 2.31. The van der Waals surface area contributed by atoms with Crippen LogP contribution in [0.3, 0.4) is 0 Å². The Hall–Kier alpha value is -1.98. The first-order valence-electron chi connectivity index (χ1n) is 9.69. The standard InChI is InChI=1S/C22H27NO3S/c24-19-15-14-16(8-3-1-2-4-13-22(25)26)17(19)9-7-12-21-23-18-10-5-6-11-20(18)27-21/h1,3,5-7,9-11,16-17,19,24H,2,4,8,12-15H2,(H,25,26)/b3-1-,9-7+/t16-,17?,19+/m0/s1. The van der Waals surface area contributed by atoms with E-state index in [1.54, 1.807) is 11.3 Å². The van der Waals surface area contributed by atoms with Crippen LogP contribution in [0.4, 0.5) is 0 Å². The Labute approximate surface area is 164 Å². The number of unbranched alkanes of at least 4 members (excludes halogenated alkanes) is 1. The summed E-state index contributed by atoms with van der Waals surface area (Å²) >= 11 is 1.73. The zero-order chi connectivity index (χ0) is 19.1. The van der Waals surface area contributed by atoms with Crippen molar-refractivity contribution in [3.05, 3.63) is 53.6 Å². The smallest absolute Gasteiger partial charge is 0.303 e. The number of rotatable bonds is 9. The van der Waals surface area contributed by atoms with Crippen LogP contribution in [-0.4, -0.2) is 27.3 Å². The summed E-state index contributed by atoms with van der Waals surface area (Å²) in [5.74, 6) is -0.0777. The maximum absolute atomic E-state index is 10.5. The first kappa shape index (κ1) is 19.8. The number of carbonyl (C=O) groups is 1. The van der Waals surface area contributed by atoms with Gasteiger partial charge in [-0.05, 0) is 50.2 Å². The first-order chi connectivity index (χ1) is 13.1. The number of aliphatic hydroxyl groups excluding tert-OH is 1. The molecule has 1 heterocycles. The number of fused-ring (bicyclic) bond motifs is 1. The molecular weight excluding hydrogens is 358 g/mol. The molecule has 3 rings (SSSR count). The molecule has 1 aliphatic carbocycles. The predicted molar refractivity (Wildman–Crippen MR) is 110 cm³/mol. The van der Waals surface area contributed by atoms with Crippen LogP contribution >= 0.6 is 11.3 Å². The number of aromatic nitrogens is 1. The lowest BCUT2D eigenvalue weighted by Gasteiger charge is -2.17. The van der Waals surface area contributed by atoms with Crippen LogP contribution in [0.5, 0.6) is 0 Å². The normalized spacial score (nSPS) is 23.1. The zero-order valence-electron chi connectivity index (χ0n) is 15.5. The first-order valence-corrected chi connectivity index (χ1v) is 10.5. The number of carboxylic acid groups (broad SMARTS) is 1. The summed E-state index contributed by atoms with van der Waals surface area (Å²) in [7, 11) is 0. The molecule has 0 amide bonds. The molecule has 1 aliphatic rings. The third-order valence-corrected chi connectivity index (χ3v) is 6.24. The molecule has 5 heteroatoms. The summed E-state index contributed by atoms with van der Waals surface area (Å²) in [5.41, 5.74) is 1.05. The van der Waals surface area contributed by atoms with E-state index in [1.165, 1.54) is 4.70 Å². The Bertz CT molecular complexity index is 778. The van der Waals surface area contributed by atoms with E-state index < -0.39 is 5.97 Å². The second-order valence-corrected chi connectivity index (χ2v) is 8.30. The maximum atomic E-state index is 10.5. The largest absolute Gasteiger partial charge is 0.481 e. The van der Waals surface area contributed by atoms with Crippen molar-refractivity contribution in [3.8, 4) is 0 Å². The van der Waals surface area contributed by atoms with E-state index in [-0.39, 0.29) is 18.4 Å². The summed E-state index contributed by atoms with van der Waals surface area (Å²) < 4.78 is 1.22. The fourth-order valence-corrected chi connectivity index (χ4v) is 4.68. The Balaban J connectivity index is 1.49. The lowest BCUT2D eigenvalue weighted by molar-refractivity contribution is -0.137. The van der Waals surface area contributed by atoms with Crippen molar-refractivity contribution in [2.75, 3.05) is 0 Å². The van der Waals surface area contributed by atoms with E-state index in [9.17, 15) is 9.90 Å². The van der Waals surface area contributed by atoms with Gasteiger partial charge in [0.15, 0.2) is 0 Å². The molecule has 3 atom stereocenters. The van der Waals surface area contributed by atoms with Crippen LogP contribution in [0.2, 0.25) is 0 Å². The molecule has 2 N–H and O–H groups in total. The van der Waals surface area contributed by atoms with Gasteiger partial charge >= 0.3 is 5.97 Å². The van der Waals surface area contributed by atoms with E-state index in [4.69, 9.17) is 5.11 Å². The van der Waals surface area contributed by atoms with Gasteiger partial charge in [-0.3, -0.25) is 4.79 Å². The minimum absolute atomic E-state index is 0.197. The number of aliphatic carboxylic acids is 1. The molecule has 0 radical (unpaired) electrons. The molecule has 1 fully saturated rings. The third kappa shape index (κ3) is 5.75. The monoisotopic (exact) mass is 385 g/mol. The predicted octanol–water partition coefficient (Wildman–Crippen LogP) is 4.98. The van der Waals surface area contributed by atoms with Crippen LogP contribution in [-0.2, 0) is 11.2 Å². The van der Waals surface area contributed by atoms with Gasteiger partial charge in [-0.25, -0.2) is 4.98 Å². The van der Waals surface area contributed by atoms with E-state index >= 15 is 0 Å². The number of carboxylic acids is 1. The van der Waals surface area contributed by atoms with E-state index in [2.05, 4.69) is 35.4 Å². The van der Waals surface area contributed by atoms with Crippen LogP contribution in [0, 0.1) is 11.8 Å². The highest BCUT2D eigenvalue weighted by Crippen LogP contribution is 2.36. The Kier molecular flexibility index (Phi) is 7.18. The third-order valence-electron chi connectivity index (χ3n) is 5.18. The lowest BCUT2D eigenvalue weighted by atomic mass is 9.91. The second-order valence-electron chi connectivity index (χ2n) is 7.18. The zero-order valence-corrected chi connectivity index (χ0v) is 16.3. The molecular formula is C22H27NO3S. The number of aliphatic hydroxyl groups is 1. The van der Waals surface area contributed by atoms with Crippen molar-refractivity contribution in [3.63, 3.8) is 0 Å². The molecule has 144 valence electrons. The molecule has 1 unspecified atom stereocenters. The van der Waals surface area contributed by atoms with Crippen LogP contribution in [0.15, 0.2) is 48.6 Å². The molecule has 0 spiro atoms. The summed E-state index contributed by atoms with van der Waals surface area (Å²) in [5, 5.41) is 20.1. The number of nitrogens with zero attached hydrogens (tertiary/aromatic N) is 1. The molecule has 1 aromatic carbocycles. The molecule has 0 bridgehead atoms. The van der Waals surface area contributed by atoms with Crippen molar-refractivity contribution >= 4 is 27.5 Å². The lowest BCUT2D eigenvalue weighted by Crippen LogP contribution is -2.16. The molecule has 0 aliphatic heterocycles. The van der Waals surface area contributed by atoms with Crippen LogP contribution < -0.4 is 0 Å². The fourth-order valence-electron chi connectivity index (χ4n) is 3.74. The molecule has 2 aromatic rings. The van der Waals surface area contributed by atoms with Crippen molar-refractivity contribution in [1.29, 1.82) is 0 Å². The van der Waals surface area contributed by atoms with Crippen molar-refractivity contribution in [2.24, 2.45) is 11.8 Å². The highest BCUT2D eigenvalue weighted by molar-refractivity contribution is 7.18. The number of para-hydroxylation sites is 1. The summed E-state index contributed by atoms with van der Waals surface area (Å²) in [4.78, 5) is 15.2. The number of benzene rings is 1.